The number of halogens is 1. The molecule has 112 valence electrons. The zero-order valence-electron chi connectivity index (χ0n) is 12.9. The van der Waals surface area contributed by atoms with Gasteiger partial charge in [0.25, 0.3) is 0 Å². The van der Waals surface area contributed by atoms with Crippen LogP contribution in [-0.4, -0.2) is 5.11 Å². The third-order valence-electron chi connectivity index (χ3n) is 3.56. The molecule has 21 heavy (non-hydrogen) atoms. The molecule has 3 heteroatoms. The fourth-order valence-electron chi connectivity index (χ4n) is 2.45. The number of aromatic hydroxyl groups is 1. The minimum absolute atomic E-state index is 0.00724. The molecule has 2 aromatic carbocycles. The molecule has 0 amide bonds. The number of phenolic OH excluding ortho intramolecular Hbond substituents is 1. The fourth-order valence-corrected chi connectivity index (χ4v) is 2.45. The highest BCUT2D eigenvalue weighted by Gasteiger charge is 2.19. The maximum Gasteiger partial charge on any atom is 0.123 e. The van der Waals surface area contributed by atoms with Crippen molar-refractivity contribution in [3.8, 4) is 5.75 Å². The summed E-state index contributed by atoms with van der Waals surface area (Å²) in [7, 11) is 0. The Labute approximate surface area is 125 Å². The Hall–Kier alpha value is -2.03. The van der Waals surface area contributed by atoms with Gasteiger partial charge in [-0.3, -0.25) is 0 Å². The lowest BCUT2D eigenvalue weighted by atomic mass is 9.85. The van der Waals surface area contributed by atoms with Crippen LogP contribution in [0, 0.1) is 5.82 Å². The van der Waals surface area contributed by atoms with Crippen LogP contribution < -0.4 is 5.32 Å². The summed E-state index contributed by atoms with van der Waals surface area (Å²) in [6.07, 6.45) is 0. The summed E-state index contributed by atoms with van der Waals surface area (Å²) in [5.74, 6) is -0.245. The van der Waals surface area contributed by atoms with Crippen LogP contribution in [0.4, 0.5) is 10.1 Å². The second kappa shape index (κ2) is 5.76. The largest absolute Gasteiger partial charge is 0.508 e. The van der Waals surface area contributed by atoms with Crippen molar-refractivity contribution < 1.29 is 9.50 Å². The molecule has 0 radical (unpaired) electrons. The van der Waals surface area contributed by atoms with Gasteiger partial charge in [0.15, 0.2) is 0 Å². The first-order valence-electron chi connectivity index (χ1n) is 7.13. The van der Waals surface area contributed by atoms with Crippen molar-refractivity contribution >= 4 is 5.69 Å². The zero-order chi connectivity index (χ0) is 15.6. The van der Waals surface area contributed by atoms with E-state index in [1.807, 2.05) is 25.1 Å². The lowest BCUT2D eigenvalue weighted by Crippen LogP contribution is -2.16. The summed E-state index contributed by atoms with van der Waals surface area (Å²) >= 11 is 0. The van der Waals surface area contributed by atoms with E-state index in [0.717, 1.165) is 5.69 Å². The fraction of sp³-hybridized carbons (Fsp3) is 0.333. The maximum atomic E-state index is 13.4. The highest BCUT2D eigenvalue weighted by Crippen LogP contribution is 2.33. The predicted molar refractivity (Wildman–Crippen MR) is 85.2 cm³/mol. The molecule has 2 rings (SSSR count). The van der Waals surface area contributed by atoms with Gasteiger partial charge in [-0.2, -0.15) is 0 Å². The first-order chi connectivity index (χ1) is 9.79. The van der Waals surface area contributed by atoms with Crippen molar-refractivity contribution in [2.45, 2.75) is 39.2 Å². The Kier molecular flexibility index (Phi) is 4.21. The standard InChI is InChI=1S/C18H22FNO/c1-12(14-11-13(19)9-10-17(14)21)20-16-8-6-5-7-15(16)18(2,3)4/h5-12,20-21H,1-4H3. The number of benzene rings is 2. The van der Waals surface area contributed by atoms with Crippen LogP contribution in [0.5, 0.6) is 5.75 Å². The third-order valence-corrected chi connectivity index (χ3v) is 3.56. The van der Waals surface area contributed by atoms with Gasteiger partial charge >= 0.3 is 0 Å². The van der Waals surface area contributed by atoms with Crippen LogP contribution in [0.3, 0.4) is 0 Å². The molecule has 0 aliphatic heterocycles. The monoisotopic (exact) mass is 287 g/mol. The highest BCUT2D eigenvalue weighted by molar-refractivity contribution is 5.56. The van der Waals surface area contributed by atoms with E-state index in [1.165, 1.54) is 23.8 Å². The summed E-state index contributed by atoms with van der Waals surface area (Å²) in [5.41, 5.74) is 2.75. The SMILES string of the molecule is CC(Nc1ccccc1C(C)(C)C)c1cc(F)ccc1O. The molecule has 0 aliphatic carbocycles. The molecule has 0 fully saturated rings. The van der Waals surface area contributed by atoms with Gasteiger partial charge < -0.3 is 10.4 Å². The summed E-state index contributed by atoms with van der Waals surface area (Å²) < 4.78 is 13.4. The summed E-state index contributed by atoms with van der Waals surface area (Å²) in [6.45, 7) is 8.36. The molecule has 0 bridgehead atoms. The second-order valence-corrected chi connectivity index (χ2v) is 6.36. The molecule has 0 saturated heterocycles. The minimum atomic E-state index is -0.347. The maximum absolute atomic E-state index is 13.4. The van der Waals surface area contributed by atoms with Gasteiger partial charge in [0.05, 0.1) is 6.04 Å². The van der Waals surface area contributed by atoms with E-state index >= 15 is 0 Å². The van der Waals surface area contributed by atoms with Crippen LogP contribution in [0.15, 0.2) is 42.5 Å². The Balaban J connectivity index is 2.32. The van der Waals surface area contributed by atoms with E-state index in [-0.39, 0.29) is 23.0 Å². The van der Waals surface area contributed by atoms with Crippen molar-refractivity contribution in [1.29, 1.82) is 0 Å². The number of anilines is 1. The van der Waals surface area contributed by atoms with Crippen molar-refractivity contribution in [2.75, 3.05) is 5.32 Å². The topological polar surface area (TPSA) is 32.3 Å². The lowest BCUT2D eigenvalue weighted by molar-refractivity contribution is 0.462. The molecule has 2 N–H and O–H groups in total. The predicted octanol–water partition coefficient (Wildman–Crippen LogP) is 5.00. The Bertz CT molecular complexity index is 631. The molecular formula is C18H22FNO. The van der Waals surface area contributed by atoms with Crippen LogP contribution >= 0.6 is 0 Å². The summed E-state index contributed by atoms with van der Waals surface area (Å²) in [4.78, 5) is 0. The zero-order valence-corrected chi connectivity index (χ0v) is 12.9. The molecular weight excluding hydrogens is 265 g/mol. The average molecular weight is 287 g/mol. The number of hydrogen-bond donors (Lipinski definition) is 2. The van der Waals surface area contributed by atoms with Crippen molar-refractivity contribution in [3.63, 3.8) is 0 Å². The van der Waals surface area contributed by atoms with E-state index in [1.54, 1.807) is 0 Å². The minimum Gasteiger partial charge on any atom is -0.508 e. The Morgan fingerprint density at radius 1 is 1.10 bits per heavy atom. The molecule has 0 aliphatic rings. The van der Waals surface area contributed by atoms with E-state index < -0.39 is 0 Å². The number of hydrogen-bond acceptors (Lipinski definition) is 2. The first kappa shape index (κ1) is 15.4. The molecule has 2 aromatic rings. The van der Waals surface area contributed by atoms with Crippen LogP contribution in [0.2, 0.25) is 0 Å². The van der Waals surface area contributed by atoms with E-state index in [9.17, 15) is 9.50 Å². The molecule has 0 heterocycles. The van der Waals surface area contributed by atoms with Gasteiger partial charge in [-0.15, -0.1) is 0 Å². The second-order valence-electron chi connectivity index (χ2n) is 6.36. The van der Waals surface area contributed by atoms with Crippen molar-refractivity contribution in [1.82, 2.24) is 0 Å². The van der Waals surface area contributed by atoms with Gasteiger partial charge in [-0.05, 0) is 42.2 Å². The number of para-hydroxylation sites is 1. The summed E-state index contributed by atoms with van der Waals surface area (Å²) in [5, 5.41) is 13.3. The highest BCUT2D eigenvalue weighted by atomic mass is 19.1. The molecule has 0 saturated carbocycles. The molecule has 1 atom stereocenters. The van der Waals surface area contributed by atoms with E-state index in [2.05, 4.69) is 32.2 Å². The molecule has 1 unspecified atom stereocenters. The number of phenols is 1. The molecule has 2 nitrogen and oxygen atoms in total. The van der Waals surface area contributed by atoms with Gasteiger partial charge in [-0.25, -0.2) is 4.39 Å². The van der Waals surface area contributed by atoms with Gasteiger partial charge in [0, 0.05) is 11.3 Å². The third kappa shape index (κ3) is 3.54. The lowest BCUT2D eigenvalue weighted by Gasteiger charge is -2.26. The van der Waals surface area contributed by atoms with Crippen molar-refractivity contribution in [2.24, 2.45) is 0 Å². The number of nitrogens with one attached hydrogen (secondary N) is 1. The molecule has 0 aromatic heterocycles. The number of rotatable bonds is 3. The van der Waals surface area contributed by atoms with Crippen LogP contribution in [0.1, 0.15) is 44.9 Å². The van der Waals surface area contributed by atoms with E-state index in [0.29, 0.717) is 5.56 Å². The first-order valence-corrected chi connectivity index (χ1v) is 7.13. The normalized spacial score (nSPS) is 13.0. The quantitative estimate of drug-likeness (QED) is 0.832. The van der Waals surface area contributed by atoms with Gasteiger partial charge in [-0.1, -0.05) is 39.0 Å². The average Bonchev–Trinajstić information content (AvgIpc) is 2.41. The van der Waals surface area contributed by atoms with Gasteiger partial charge in [0.1, 0.15) is 11.6 Å². The Morgan fingerprint density at radius 3 is 2.43 bits per heavy atom. The summed E-state index contributed by atoms with van der Waals surface area (Å²) in [6, 6.07) is 11.9. The smallest absolute Gasteiger partial charge is 0.123 e. The van der Waals surface area contributed by atoms with Crippen LogP contribution in [-0.2, 0) is 5.41 Å². The van der Waals surface area contributed by atoms with Gasteiger partial charge in [0.2, 0.25) is 0 Å². The Morgan fingerprint density at radius 2 is 1.76 bits per heavy atom. The van der Waals surface area contributed by atoms with Crippen molar-refractivity contribution in [3.05, 3.63) is 59.4 Å². The molecule has 0 spiro atoms. The van der Waals surface area contributed by atoms with E-state index in [4.69, 9.17) is 0 Å². The van der Waals surface area contributed by atoms with Crippen LogP contribution in [0.25, 0.3) is 0 Å².